The first-order valence-corrected chi connectivity index (χ1v) is 15.5. The smallest absolute Gasteiger partial charge is 0.319 e. The molecule has 2 bridgehead atoms. The summed E-state index contributed by atoms with van der Waals surface area (Å²) in [5.74, 6) is -0.524. The van der Waals surface area contributed by atoms with Crippen LogP contribution in [0.4, 0.5) is 19.7 Å². The molecule has 3 saturated heterocycles. The van der Waals surface area contributed by atoms with Gasteiger partial charge in [0.2, 0.25) is 0 Å². The second-order valence-corrected chi connectivity index (χ2v) is 12.9. The van der Waals surface area contributed by atoms with Crippen molar-refractivity contribution in [3.63, 3.8) is 0 Å². The van der Waals surface area contributed by atoms with Crippen LogP contribution in [0.2, 0.25) is 5.02 Å². The van der Waals surface area contributed by atoms with E-state index in [1.165, 1.54) is 31.4 Å². The molecule has 3 aliphatic heterocycles. The molecule has 3 aliphatic rings. The number of benzene rings is 2. The Morgan fingerprint density at radius 1 is 1.12 bits per heavy atom. The summed E-state index contributed by atoms with van der Waals surface area (Å²) >= 11 is 7.80. The monoisotopic (exact) mass is 599 g/mol. The highest BCUT2D eigenvalue weighted by molar-refractivity contribution is 7.22. The third-order valence-electron chi connectivity index (χ3n) is 8.72. The van der Waals surface area contributed by atoms with Crippen LogP contribution in [0.1, 0.15) is 45.4 Å². The number of fused-ring (bicyclic) bond motifs is 4. The molecule has 4 atom stereocenters. The van der Waals surface area contributed by atoms with Crippen molar-refractivity contribution in [3.05, 3.63) is 34.9 Å². The quantitative estimate of drug-likeness (QED) is 0.289. The normalized spacial score (nSPS) is 23.6. The van der Waals surface area contributed by atoms with Gasteiger partial charge in [-0.05, 0) is 70.3 Å². The van der Waals surface area contributed by atoms with Crippen LogP contribution in [0, 0.1) is 11.6 Å². The molecule has 7 rings (SSSR count). The zero-order chi connectivity index (χ0) is 28.4. The van der Waals surface area contributed by atoms with Crippen LogP contribution in [0.5, 0.6) is 6.01 Å². The number of thiazole rings is 1. The summed E-state index contributed by atoms with van der Waals surface area (Å²) in [5, 5.41) is 0.837. The van der Waals surface area contributed by atoms with Crippen LogP contribution in [0.25, 0.3) is 32.2 Å². The van der Waals surface area contributed by atoms with Gasteiger partial charge in [0.25, 0.3) is 0 Å². The van der Waals surface area contributed by atoms with Gasteiger partial charge in [0.05, 0.1) is 15.2 Å². The Bertz CT molecular complexity index is 1650. The van der Waals surface area contributed by atoms with E-state index in [0.717, 1.165) is 50.2 Å². The van der Waals surface area contributed by atoms with Gasteiger partial charge in [0, 0.05) is 41.2 Å². The lowest BCUT2D eigenvalue weighted by molar-refractivity contribution is 0.123. The van der Waals surface area contributed by atoms with Gasteiger partial charge >= 0.3 is 6.01 Å². The molecule has 3 fully saturated rings. The van der Waals surface area contributed by atoms with Crippen molar-refractivity contribution in [1.29, 1.82) is 0 Å². The zero-order valence-electron chi connectivity index (χ0n) is 22.7. The number of likely N-dealkylation sites (tertiary alicyclic amines) is 1. The molecule has 8 nitrogen and oxygen atoms in total. The average molecular weight is 600 g/mol. The summed E-state index contributed by atoms with van der Waals surface area (Å²) in [6.07, 6.45) is 6.21. The highest BCUT2D eigenvalue weighted by Crippen LogP contribution is 2.46. The predicted octanol–water partition coefficient (Wildman–Crippen LogP) is 5.74. The first kappa shape index (κ1) is 27.0. The van der Waals surface area contributed by atoms with E-state index in [1.807, 2.05) is 6.92 Å². The molecule has 2 aromatic heterocycles. The molecule has 0 amide bonds. The number of nitrogens with zero attached hydrogens (tertiary/aromatic N) is 5. The third-order valence-corrected chi connectivity index (χ3v) is 9.91. The molecule has 216 valence electrons. The number of piperidine rings is 1. The van der Waals surface area contributed by atoms with Gasteiger partial charge in [0.1, 0.15) is 23.3 Å². The lowest BCUT2D eigenvalue weighted by Gasteiger charge is -2.29. The first-order valence-electron chi connectivity index (χ1n) is 14.3. The molecule has 0 saturated carbocycles. The Kier molecular flexibility index (Phi) is 6.88. The van der Waals surface area contributed by atoms with Crippen molar-refractivity contribution >= 4 is 55.0 Å². The summed E-state index contributed by atoms with van der Waals surface area (Å²) in [5.41, 5.74) is 13.2. The van der Waals surface area contributed by atoms with Crippen molar-refractivity contribution in [2.45, 2.75) is 69.7 Å². The topological polar surface area (TPSA) is 106 Å². The van der Waals surface area contributed by atoms with Crippen LogP contribution in [-0.4, -0.2) is 63.7 Å². The zero-order valence-corrected chi connectivity index (χ0v) is 24.3. The van der Waals surface area contributed by atoms with Gasteiger partial charge in [-0.25, -0.2) is 13.8 Å². The van der Waals surface area contributed by atoms with Gasteiger partial charge < -0.3 is 21.1 Å². The van der Waals surface area contributed by atoms with Crippen molar-refractivity contribution < 1.29 is 13.5 Å². The van der Waals surface area contributed by atoms with E-state index in [4.69, 9.17) is 32.8 Å². The Hall–Kier alpha value is -2.86. The lowest BCUT2D eigenvalue weighted by atomic mass is 9.97. The molecule has 41 heavy (non-hydrogen) atoms. The summed E-state index contributed by atoms with van der Waals surface area (Å²) in [7, 11) is 0. The molecule has 2 aromatic carbocycles. The van der Waals surface area contributed by atoms with Crippen molar-refractivity contribution in [2.24, 2.45) is 5.73 Å². The number of nitrogens with two attached hydrogens (primary N) is 2. The van der Waals surface area contributed by atoms with Crippen LogP contribution in [0.3, 0.4) is 0 Å². The lowest BCUT2D eigenvalue weighted by Crippen LogP contribution is -2.38. The van der Waals surface area contributed by atoms with Crippen LogP contribution in [0.15, 0.2) is 18.2 Å². The molecular weight excluding hydrogens is 568 g/mol. The van der Waals surface area contributed by atoms with Gasteiger partial charge in [0.15, 0.2) is 10.9 Å². The summed E-state index contributed by atoms with van der Waals surface area (Å²) in [4.78, 5) is 18.3. The Labute approximate surface area is 245 Å². The SMILES string of the molecule is CC(CN1CCCCC1)Oc1nc(N2C3CCC2C(N)C3)c2cc(Cl)c(-c3ccc(F)c4sc(N)nc34)c(F)c2n1. The molecule has 5 heterocycles. The van der Waals surface area contributed by atoms with Gasteiger partial charge in [-0.3, -0.25) is 4.90 Å². The molecule has 4 aromatic rings. The number of halogens is 3. The summed E-state index contributed by atoms with van der Waals surface area (Å²) in [6.45, 7) is 4.80. The van der Waals surface area contributed by atoms with Gasteiger partial charge in [-0.15, -0.1) is 0 Å². The maximum Gasteiger partial charge on any atom is 0.319 e. The summed E-state index contributed by atoms with van der Waals surface area (Å²) < 4.78 is 37.7. The first-order chi connectivity index (χ1) is 19.8. The van der Waals surface area contributed by atoms with Crippen molar-refractivity contribution in [1.82, 2.24) is 19.9 Å². The maximum absolute atomic E-state index is 16.7. The fourth-order valence-electron chi connectivity index (χ4n) is 6.94. The molecule has 0 spiro atoms. The van der Waals surface area contributed by atoms with E-state index in [9.17, 15) is 4.39 Å². The minimum Gasteiger partial charge on any atom is -0.459 e. The van der Waals surface area contributed by atoms with Crippen molar-refractivity contribution in [2.75, 3.05) is 30.3 Å². The van der Waals surface area contributed by atoms with Crippen LogP contribution < -0.4 is 21.1 Å². The molecule has 12 heteroatoms. The minimum atomic E-state index is -0.639. The Balaban J connectivity index is 1.37. The number of aromatic nitrogens is 3. The fraction of sp³-hybridized carbons (Fsp3) is 0.483. The minimum absolute atomic E-state index is 0.0170. The van der Waals surface area contributed by atoms with E-state index in [-0.39, 0.29) is 61.7 Å². The van der Waals surface area contributed by atoms with Gasteiger partial charge in [-0.1, -0.05) is 29.4 Å². The van der Waals surface area contributed by atoms with Crippen LogP contribution in [-0.2, 0) is 0 Å². The average Bonchev–Trinajstić information content (AvgIpc) is 3.63. The number of anilines is 2. The predicted molar refractivity (Wildman–Crippen MR) is 160 cm³/mol. The standard InChI is InChI=1S/C29H32ClF2N7OS/c1-14(13-38-9-3-2-4-10-38)40-29-36-24-17(27(37-29)39-15-5-8-21(39)20(33)11-15)12-18(30)22(23(24)32)16-6-7-19(31)26-25(16)35-28(34)41-26/h6-7,12,14-15,20-21H,2-5,8-11,13,33H2,1H3,(H2,34,35). The molecule has 0 aliphatic carbocycles. The van der Waals surface area contributed by atoms with E-state index in [0.29, 0.717) is 16.8 Å². The molecule has 4 N–H and O–H groups in total. The fourth-order valence-corrected chi connectivity index (χ4v) is 8.00. The second kappa shape index (κ2) is 10.4. The molecule has 4 unspecified atom stereocenters. The number of rotatable bonds is 6. The largest absolute Gasteiger partial charge is 0.459 e. The molecular formula is C29H32ClF2N7OS. The Morgan fingerprint density at radius 3 is 2.66 bits per heavy atom. The highest BCUT2D eigenvalue weighted by Gasteiger charge is 2.46. The number of hydrogen-bond acceptors (Lipinski definition) is 9. The Morgan fingerprint density at radius 2 is 1.93 bits per heavy atom. The summed E-state index contributed by atoms with van der Waals surface area (Å²) in [6, 6.07) is 4.90. The van der Waals surface area contributed by atoms with E-state index >= 15 is 4.39 Å². The highest BCUT2D eigenvalue weighted by atomic mass is 35.5. The van der Waals surface area contributed by atoms with E-state index < -0.39 is 11.6 Å². The van der Waals surface area contributed by atoms with E-state index in [1.54, 1.807) is 6.07 Å². The van der Waals surface area contributed by atoms with E-state index in [2.05, 4.69) is 19.8 Å². The number of ether oxygens (including phenoxy) is 1. The second-order valence-electron chi connectivity index (χ2n) is 11.5. The number of hydrogen-bond donors (Lipinski definition) is 2. The van der Waals surface area contributed by atoms with Gasteiger partial charge in [-0.2, -0.15) is 9.97 Å². The third kappa shape index (κ3) is 4.67. The molecule has 0 radical (unpaired) electrons. The maximum atomic E-state index is 16.7. The number of nitrogen functional groups attached to an aromatic ring is 1. The van der Waals surface area contributed by atoms with Crippen molar-refractivity contribution in [3.8, 4) is 17.1 Å². The van der Waals surface area contributed by atoms with Crippen LogP contribution >= 0.6 is 22.9 Å².